The first-order valence-electron chi connectivity index (χ1n) is 9.36. The lowest BCUT2D eigenvalue weighted by Crippen LogP contribution is -2.29. The van der Waals surface area contributed by atoms with Gasteiger partial charge < -0.3 is 5.32 Å². The molecule has 0 spiro atoms. The molecule has 2 aromatic carbocycles. The fourth-order valence-corrected chi connectivity index (χ4v) is 4.56. The standard InChI is InChI=1S/C22H21BrN2O2S2/c1-2-15-9-11-16(12-10-15)14-19-21(27)25(22(28)29-19)13-5-8-20(26)24-18-7-4-3-6-17(18)23/h3-4,6-7,9-12,14H,2,5,8,13H2,1H3,(H,24,26). The monoisotopic (exact) mass is 488 g/mol. The molecule has 0 saturated carbocycles. The average Bonchev–Trinajstić information content (AvgIpc) is 2.97. The smallest absolute Gasteiger partial charge is 0.266 e. The summed E-state index contributed by atoms with van der Waals surface area (Å²) in [6.45, 7) is 2.54. The molecule has 1 saturated heterocycles. The van der Waals surface area contributed by atoms with Gasteiger partial charge in [-0.25, -0.2) is 0 Å². The van der Waals surface area contributed by atoms with E-state index in [4.69, 9.17) is 12.2 Å². The number of para-hydroxylation sites is 1. The number of halogens is 1. The number of carbonyl (C=O) groups is 2. The van der Waals surface area contributed by atoms with Crippen LogP contribution in [0.15, 0.2) is 57.9 Å². The molecule has 4 nitrogen and oxygen atoms in total. The molecule has 2 aromatic rings. The number of rotatable bonds is 7. The van der Waals surface area contributed by atoms with Crippen molar-refractivity contribution in [1.82, 2.24) is 4.90 Å². The molecule has 7 heteroatoms. The van der Waals surface area contributed by atoms with Crippen LogP contribution in [0.25, 0.3) is 6.08 Å². The van der Waals surface area contributed by atoms with E-state index in [9.17, 15) is 9.59 Å². The molecule has 29 heavy (non-hydrogen) atoms. The predicted octanol–water partition coefficient (Wildman–Crippen LogP) is 5.63. The lowest BCUT2D eigenvalue weighted by Gasteiger charge is -2.14. The average molecular weight is 489 g/mol. The fourth-order valence-electron chi connectivity index (χ4n) is 2.87. The first-order valence-corrected chi connectivity index (χ1v) is 11.4. The van der Waals surface area contributed by atoms with Crippen molar-refractivity contribution in [3.05, 3.63) is 69.0 Å². The van der Waals surface area contributed by atoms with Crippen LogP contribution >= 0.6 is 39.9 Å². The third-order valence-corrected chi connectivity index (χ3v) is 6.56. The molecule has 2 amide bonds. The molecule has 3 rings (SSSR count). The predicted molar refractivity (Wildman–Crippen MR) is 128 cm³/mol. The van der Waals surface area contributed by atoms with Gasteiger partial charge in [0.2, 0.25) is 5.91 Å². The molecule has 1 N–H and O–H groups in total. The summed E-state index contributed by atoms with van der Waals surface area (Å²) >= 11 is 10.1. The van der Waals surface area contributed by atoms with Crippen molar-refractivity contribution in [1.29, 1.82) is 0 Å². The van der Waals surface area contributed by atoms with Crippen molar-refractivity contribution in [2.75, 3.05) is 11.9 Å². The van der Waals surface area contributed by atoms with Gasteiger partial charge in [0, 0.05) is 17.4 Å². The van der Waals surface area contributed by atoms with Crippen molar-refractivity contribution < 1.29 is 9.59 Å². The van der Waals surface area contributed by atoms with E-state index < -0.39 is 0 Å². The molecule has 1 aliphatic rings. The summed E-state index contributed by atoms with van der Waals surface area (Å²) in [6.07, 6.45) is 3.71. The van der Waals surface area contributed by atoms with Crippen LogP contribution in [0.5, 0.6) is 0 Å². The van der Waals surface area contributed by atoms with Gasteiger partial charge in [0.15, 0.2) is 0 Å². The number of thioether (sulfide) groups is 1. The van der Waals surface area contributed by atoms with Crippen LogP contribution in [0, 0.1) is 0 Å². The van der Waals surface area contributed by atoms with Crippen LogP contribution < -0.4 is 5.32 Å². The van der Waals surface area contributed by atoms with Crippen molar-refractivity contribution in [2.45, 2.75) is 26.2 Å². The normalized spacial score (nSPS) is 15.2. The van der Waals surface area contributed by atoms with Gasteiger partial charge in [-0.05, 0) is 58.1 Å². The SMILES string of the molecule is CCc1ccc(C=C2SC(=S)N(CCCC(=O)Nc3ccccc3Br)C2=O)cc1. The number of hydrogen-bond donors (Lipinski definition) is 1. The van der Waals surface area contributed by atoms with Crippen LogP contribution in [0.3, 0.4) is 0 Å². The number of benzene rings is 2. The Labute approximate surface area is 188 Å². The second kappa shape index (κ2) is 10.2. The number of thiocarbonyl (C=S) groups is 1. The third kappa shape index (κ3) is 5.78. The third-order valence-electron chi connectivity index (χ3n) is 4.49. The van der Waals surface area contributed by atoms with Crippen LogP contribution in [-0.4, -0.2) is 27.6 Å². The molecule has 0 aromatic heterocycles. The molecule has 150 valence electrons. The van der Waals surface area contributed by atoms with Gasteiger partial charge in [0.1, 0.15) is 4.32 Å². The lowest BCUT2D eigenvalue weighted by molar-refractivity contribution is -0.122. The summed E-state index contributed by atoms with van der Waals surface area (Å²) in [4.78, 5) is 27.1. The number of anilines is 1. The molecular formula is C22H21BrN2O2S2. The van der Waals surface area contributed by atoms with E-state index in [0.29, 0.717) is 28.6 Å². The Hall–Kier alpha value is -1.96. The van der Waals surface area contributed by atoms with Gasteiger partial charge in [-0.3, -0.25) is 14.5 Å². The topological polar surface area (TPSA) is 49.4 Å². The molecule has 0 aliphatic carbocycles. The minimum Gasteiger partial charge on any atom is -0.325 e. The number of aryl methyl sites for hydroxylation is 1. The summed E-state index contributed by atoms with van der Waals surface area (Å²) in [5.74, 6) is -0.181. The highest BCUT2D eigenvalue weighted by Crippen LogP contribution is 2.32. The van der Waals surface area contributed by atoms with E-state index in [1.54, 1.807) is 4.90 Å². The maximum absolute atomic E-state index is 12.7. The largest absolute Gasteiger partial charge is 0.325 e. The number of carbonyl (C=O) groups excluding carboxylic acids is 2. The van der Waals surface area contributed by atoms with Gasteiger partial charge in [0.05, 0.1) is 10.6 Å². The highest BCUT2D eigenvalue weighted by molar-refractivity contribution is 9.10. The van der Waals surface area contributed by atoms with E-state index in [1.807, 2.05) is 42.5 Å². The fraction of sp³-hybridized carbons (Fsp3) is 0.227. The van der Waals surface area contributed by atoms with E-state index in [1.165, 1.54) is 17.3 Å². The molecule has 1 fully saturated rings. The van der Waals surface area contributed by atoms with Crippen molar-refractivity contribution in [2.24, 2.45) is 0 Å². The minimum atomic E-state index is -0.0919. The molecule has 0 bridgehead atoms. The van der Waals surface area contributed by atoms with Gasteiger partial charge in [0.25, 0.3) is 5.91 Å². The Morgan fingerprint density at radius 3 is 2.62 bits per heavy atom. The zero-order valence-electron chi connectivity index (χ0n) is 16.0. The van der Waals surface area contributed by atoms with Gasteiger partial charge >= 0.3 is 0 Å². The van der Waals surface area contributed by atoms with Crippen molar-refractivity contribution in [3.63, 3.8) is 0 Å². The molecule has 0 unspecified atom stereocenters. The Kier molecular flexibility index (Phi) is 7.64. The number of nitrogens with one attached hydrogen (secondary N) is 1. The molecule has 0 radical (unpaired) electrons. The highest BCUT2D eigenvalue weighted by Gasteiger charge is 2.31. The highest BCUT2D eigenvalue weighted by atomic mass is 79.9. The molecule has 0 atom stereocenters. The van der Waals surface area contributed by atoms with Crippen molar-refractivity contribution in [3.8, 4) is 0 Å². The Bertz CT molecular complexity index is 958. The molecule has 1 heterocycles. The summed E-state index contributed by atoms with van der Waals surface area (Å²) in [7, 11) is 0. The lowest BCUT2D eigenvalue weighted by atomic mass is 10.1. The summed E-state index contributed by atoms with van der Waals surface area (Å²) in [5, 5.41) is 2.87. The first kappa shape index (κ1) is 21.7. The molecular weight excluding hydrogens is 468 g/mol. The van der Waals surface area contributed by atoms with Crippen LogP contribution in [0.1, 0.15) is 30.9 Å². The van der Waals surface area contributed by atoms with E-state index >= 15 is 0 Å². The Morgan fingerprint density at radius 2 is 1.93 bits per heavy atom. The second-order valence-electron chi connectivity index (χ2n) is 6.56. The van der Waals surface area contributed by atoms with Crippen molar-refractivity contribution >= 4 is 67.8 Å². The number of hydrogen-bond acceptors (Lipinski definition) is 4. The summed E-state index contributed by atoms with van der Waals surface area (Å²) in [6, 6.07) is 15.6. The Balaban J connectivity index is 1.54. The van der Waals surface area contributed by atoms with Crippen LogP contribution in [-0.2, 0) is 16.0 Å². The number of nitrogens with zero attached hydrogens (tertiary/aromatic N) is 1. The van der Waals surface area contributed by atoms with Gasteiger partial charge in [-0.2, -0.15) is 0 Å². The zero-order chi connectivity index (χ0) is 20.8. The maximum atomic E-state index is 12.7. The van der Waals surface area contributed by atoms with Crippen LogP contribution in [0.4, 0.5) is 5.69 Å². The zero-order valence-corrected chi connectivity index (χ0v) is 19.2. The van der Waals surface area contributed by atoms with E-state index in [-0.39, 0.29) is 11.8 Å². The van der Waals surface area contributed by atoms with Gasteiger partial charge in [-0.1, -0.05) is 67.3 Å². The molecule has 1 aliphatic heterocycles. The van der Waals surface area contributed by atoms with E-state index in [0.717, 1.165) is 22.1 Å². The maximum Gasteiger partial charge on any atom is 0.266 e. The van der Waals surface area contributed by atoms with Gasteiger partial charge in [-0.15, -0.1) is 0 Å². The first-order chi connectivity index (χ1) is 14.0. The summed E-state index contributed by atoms with van der Waals surface area (Å²) in [5.41, 5.74) is 2.98. The second-order valence-corrected chi connectivity index (χ2v) is 9.09. The van der Waals surface area contributed by atoms with E-state index in [2.05, 4.69) is 40.3 Å². The number of amides is 2. The minimum absolute atomic E-state index is 0.0890. The summed E-state index contributed by atoms with van der Waals surface area (Å²) < 4.78 is 1.38. The Morgan fingerprint density at radius 1 is 1.21 bits per heavy atom. The quantitative estimate of drug-likeness (QED) is 0.405. The van der Waals surface area contributed by atoms with Crippen LogP contribution in [0.2, 0.25) is 0 Å².